The number of rotatable bonds is 13. The number of nitrogens with zero attached hydrogens (tertiary/aromatic N) is 1. The van der Waals surface area contributed by atoms with Gasteiger partial charge in [-0.15, -0.1) is 0 Å². The van der Waals surface area contributed by atoms with Gasteiger partial charge >= 0.3 is 0 Å². The number of hydrogen-bond acceptors (Lipinski definition) is 7. The van der Waals surface area contributed by atoms with Crippen LogP contribution in [-0.4, -0.2) is 52.0 Å². The Morgan fingerprint density at radius 1 is 0.909 bits per heavy atom. The van der Waals surface area contributed by atoms with Crippen LogP contribution in [0.5, 0.6) is 17.2 Å². The molecule has 2 aromatic rings. The van der Waals surface area contributed by atoms with Crippen molar-refractivity contribution in [3.63, 3.8) is 0 Å². The zero-order valence-corrected chi connectivity index (χ0v) is 41.3. The van der Waals surface area contributed by atoms with E-state index >= 15 is 4.21 Å². The molecule has 0 amide bonds. The van der Waals surface area contributed by atoms with Gasteiger partial charge in [0.1, 0.15) is 17.2 Å². The smallest absolute Gasteiger partial charge is 0.250 e. The Kier molecular flexibility index (Phi) is 13.1. The quantitative estimate of drug-likeness (QED) is 0.195. The standard InChI is InChI=1S/C44H75NO6SSi3/c1-29(2)37(27-46)45-52(48,33-21-19-30(3)20-22-33)28-35-34(23-31-24-36(35)44(31,10)11)41(51-53(12,13)14)40-38(47)25-32(49-54(15,16)42(4,5)6)26-39(40)50-55(17,18)43(7,8)9/h19-22,25-26,28-29,31,34,36-37,41,46-47H,23-24,27H2,1-18H3/b35-28+/t31-,34-,36-,37-,41-,52-/m0/s1. The van der Waals surface area contributed by atoms with E-state index in [4.69, 9.17) is 17.6 Å². The highest BCUT2D eigenvalue weighted by Gasteiger charge is 2.58. The number of aryl methyl sites for hydroxylation is 1. The summed E-state index contributed by atoms with van der Waals surface area (Å²) in [6, 6.07) is 11.1. The van der Waals surface area contributed by atoms with Crippen LogP contribution in [0.4, 0.5) is 0 Å². The second kappa shape index (κ2) is 15.7. The summed E-state index contributed by atoms with van der Waals surface area (Å²) in [6.07, 6.45) is 1.27. The van der Waals surface area contributed by atoms with Gasteiger partial charge in [-0.25, -0.2) is 8.57 Å². The molecular formula is C44H75NO6SSi3. The second-order valence-corrected chi connectivity index (χ2v) is 37.4. The van der Waals surface area contributed by atoms with E-state index in [2.05, 4.69) is 101 Å². The lowest BCUT2D eigenvalue weighted by Gasteiger charge is -2.61. The Morgan fingerprint density at radius 2 is 1.45 bits per heavy atom. The minimum Gasteiger partial charge on any atom is -0.543 e. The lowest BCUT2D eigenvalue weighted by atomic mass is 9.44. The summed E-state index contributed by atoms with van der Waals surface area (Å²) < 4.78 is 42.0. The molecule has 0 heterocycles. The first-order valence-electron chi connectivity index (χ1n) is 20.4. The average molecular weight is 830 g/mol. The van der Waals surface area contributed by atoms with Crippen molar-refractivity contribution >= 4 is 34.7 Å². The van der Waals surface area contributed by atoms with Crippen LogP contribution in [0.2, 0.25) is 55.9 Å². The molecule has 3 saturated carbocycles. The van der Waals surface area contributed by atoms with E-state index in [1.54, 1.807) is 6.07 Å². The highest BCUT2D eigenvalue weighted by atomic mass is 32.2. The molecule has 0 unspecified atom stereocenters. The first kappa shape index (κ1) is 45.8. The van der Waals surface area contributed by atoms with Crippen LogP contribution in [-0.2, 0) is 14.2 Å². The summed E-state index contributed by atoms with van der Waals surface area (Å²) in [7, 11) is -10.1. The molecule has 0 spiro atoms. The van der Waals surface area contributed by atoms with Gasteiger partial charge in [0.2, 0.25) is 16.6 Å². The van der Waals surface area contributed by atoms with Gasteiger partial charge in [-0.2, -0.15) is 0 Å². The molecule has 3 aliphatic carbocycles. The number of aliphatic hydroxyl groups is 1. The predicted molar refractivity (Wildman–Crippen MR) is 238 cm³/mol. The molecule has 2 bridgehead atoms. The van der Waals surface area contributed by atoms with Crippen molar-refractivity contribution in [1.29, 1.82) is 0 Å². The fourth-order valence-electron chi connectivity index (χ4n) is 7.41. The highest BCUT2D eigenvalue weighted by Crippen LogP contribution is 2.66. The number of hydrogen-bond donors (Lipinski definition) is 2. The molecule has 0 aromatic heterocycles. The maximum Gasteiger partial charge on any atom is 0.250 e. The summed E-state index contributed by atoms with van der Waals surface area (Å²) in [4.78, 5) is 0.641. The van der Waals surface area contributed by atoms with Crippen molar-refractivity contribution in [2.24, 2.45) is 33.4 Å². The molecule has 6 atom stereocenters. The monoisotopic (exact) mass is 829 g/mol. The molecule has 5 rings (SSSR count). The van der Waals surface area contributed by atoms with Gasteiger partial charge in [0, 0.05) is 23.5 Å². The summed E-state index contributed by atoms with van der Waals surface area (Å²) in [5.41, 5.74) is 2.80. The molecular weight excluding hydrogens is 755 g/mol. The van der Waals surface area contributed by atoms with Gasteiger partial charge in [-0.05, 0) is 111 Å². The normalized spacial score (nSPS) is 23.5. The topological polar surface area (TPSA) is 97.6 Å². The largest absolute Gasteiger partial charge is 0.543 e. The van der Waals surface area contributed by atoms with Gasteiger partial charge in [0.15, 0.2) is 8.32 Å². The number of aliphatic hydroxyl groups excluding tert-OH is 1. The minimum absolute atomic E-state index is 0.00250. The van der Waals surface area contributed by atoms with Gasteiger partial charge in [0.25, 0.3) is 0 Å². The zero-order chi connectivity index (χ0) is 41.9. The average Bonchev–Trinajstić information content (AvgIpc) is 3.00. The van der Waals surface area contributed by atoms with Gasteiger partial charge in [0.05, 0.1) is 38.9 Å². The fourth-order valence-corrected chi connectivity index (χ4v) is 12.8. The summed E-state index contributed by atoms with van der Waals surface area (Å²) in [5.74, 6) is 1.75. The van der Waals surface area contributed by atoms with Crippen LogP contribution in [0.15, 0.2) is 56.6 Å². The Hall–Kier alpha value is -1.90. The maximum absolute atomic E-state index is 15.6. The van der Waals surface area contributed by atoms with Crippen LogP contribution in [0.3, 0.4) is 0 Å². The number of benzene rings is 2. The van der Waals surface area contributed by atoms with Crippen molar-refractivity contribution in [2.45, 2.75) is 162 Å². The van der Waals surface area contributed by atoms with Crippen molar-refractivity contribution in [3.8, 4) is 17.2 Å². The second-order valence-electron chi connectivity index (χ2n) is 21.5. The lowest BCUT2D eigenvalue weighted by Crippen LogP contribution is -2.53. The molecule has 0 aliphatic heterocycles. The third kappa shape index (κ3) is 9.87. The molecule has 310 valence electrons. The fraction of sp³-hybridized carbons (Fsp3) is 0.682. The van der Waals surface area contributed by atoms with Gasteiger partial charge < -0.3 is 23.5 Å². The molecule has 3 aliphatic rings. The van der Waals surface area contributed by atoms with Crippen molar-refractivity contribution < 1.29 is 27.7 Å². The molecule has 0 saturated heterocycles. The van der Waals surface area contributed by atoms with Crippen molar-refractivity contribution in [1.82, 2.24) is 0 Å². The van der Waals surface area contributed by atoms with E-state index < -0.39 is 46.8 Å². The third-order valence-electron chi connectivity index (χ3n) is 13.3. The summed E-state index contributed by atoms with van der Waals surface area (Å²) in [6.45, 7) is 39.3. The first-order valence-corrected chi connectivity index (χ1v) is 31.2. The SMILES string of the molecule is Cc1ccc([S@@](=O)(/C=C2\[C@@H]([C@H](O[Si](C)(C)C)c3c(O)cc(O[Si](C)(C)C(C)(C)C)cc3O[Si](C)(C)C(C)(C)C)C[C@H]3C[C@@H]2C3(C)C)=N[C@@H](CO)C(C)C)cc1. The first-order chi connectivity index (χ1) is 24.8. The van der Waals surface area contributed by atoms with Crippen LogP contribution < -0.4 is 8.85 Å². The van der Waals surface area contributed by atoms with Gasteiger partial charge in [-0.3, -0.25) is 0 Å². The van der Waals surface area contributed by atoms with E-state index in [-0.39, 0.29) is 45.6 Å². The van der Waals surface area contributed by atoms with E-state index in [1.807, 2.05) is 56.5 Å². The van der Waals surface area contributed by atoms with E-state index in [9.17, 15) is 10.2 Å². The summed E-state index contributed by atoms with van der Waals surface area (Å²) >= 11 is 0. The number of fused-ring (bicyclic) bond motifs is 2. The zero-order valence-electron chi connectivity index (χ0n) is 37.5. The molecule has 3 fully saturated rings. The third-order valence-corrected chi connectivity index (χ3v) is 25.1. The van der Waals surface area contributed by atoms with E-state index in [0.29, 0.717) is 27.9 Å². The molecule has 0 radical (unpaired) electrons. The minimum atomic E-state index is -3.14. The van der Waals surface area contributed by atoms with Crippen LogP contribution >= 0.6 is 0 Å². The van der Waals surface area contributed by atoms with Crippen LogP contribution in [0, 0.1) is 36.0 Å². The lowest BCUT2D eigenvalue weighted by molar-refractivity contribution is -0.0682. The Balaban J connectivity index is 2.07. The molecule has 2 aromatic carbocycles. The predicted octanol–water partition coefficient (Wildman–Crippen LogP) is 12.5. The number of phenols is 1. The molecule has 7 nitrogen and oxygen atoms in total. The molecule has 11 heteroatoms. The Labute approximate surface area is 338 Å². The van der Waals surface area contributed by atoms with Crippen molar-refractivity contribution in [2.75, 3.05) is 6.61 Å². The maximum atomic E-state index is 15.6. The van der Waals surface area contributed by atoms with Crippen LogP contribution in [0.25, 0.3) is 0 Å². The Morgan fingerprint density at radius 3 is 1.93 bits per heavy atom. The molecule has 2 N–H and O–H groups in total. The summed E-state index contributed by atoms with van der Waals surface area (Å²) in [5, 5.41) is 24.7. The number of aromatic hydroxyl groups is 1. The van der Waals surface area contributed by atoms with E-state index in [1.165, 1.54) is 0 Å². The van der Waals surface area contributed by atoms with E-state index in [0.717, 1.165) is 24.0 Å². The number of phenolic OH excluding ortho intramolecular Hbond substituents is 1. The Bertz CT molecular complexity index is 1840. The van der Waals surface area contributed by atoms with Gasteiger partial charge in [-0.1, -0.05) is 92.5 Å². The van der Waals surface area contributed by atoms with Crippen molar-refractivity contribution in [3.05, 3.63) is 58.5 Å². The molecule has 55 heavy (non-hydrogen) atoms. The highest BCUT2D eigenvalue weighted by molar-refractivity contribution is 7.96. The van der Waals surface area contributed by atoms with Crippen LogP contribution in [0.1, 0.15) is 99.3 Å².